The number of fused-ring (bicyclic) bond motifs is 1. The molecule has 0 radical (unpaired) electrons. The van der Waals surface area contributed by atoms with Gasteiger partial charge < -0.3 is 0 Å². The molecule has 1 saturated carbocycles. The molecule has 0 bridgehead atoms. The van der Waals surface area contributed by atoms with Crippen LogP contribution < -0.4 is 10.5 Å². The van der Waals surface area contributed by atoms with Gasteiger partial charge in [0.15, 0.2) is 0 Å². The minimum atomic E-state index is -1.27. The molecule has 5 nitrogen and oxygen atoms in total. The van der Waals surface area contributed by atoms with Gasteiger partial charge in [0, 0.05) is 0 Å². The van der Waals surface area contributed by atoms with Gasteiger partial charge >= 0.3 is 159 Å². The normalized spacial score (nSPS) is 23.0. The third-order valence-corrected chi connectivity index (χ3v) is 6.50. The second-order valence-electron chi connectivity index (χ2n) is 7.89. The standard InChI is InChI=1S/C19H22AsFN2O3/c1-10-15-12(11-3-4-11)7-13(18(25)26)17(24)23(15)8-14(21)16(10)22-6-5-19(2,20)9-22/h7-8,11H,3-6,9,20H2,1-2H3,(H,25,26). The van der Waals surface area contributed by atoms with Crippen LogP contribution in [-0.4, -0.2) is 45.4 Å². The molecule has 1 saturated heterocycles. The fraction of sp³-hybridized carbons (Fsp3) is 0.474. The molecule has 2 fully saturated rings. The number of pyridine rings is 2. The molecule has 138 valence electrons. The first kappa shape index (κ1) is 17.6. The Kier molecular flexibility index (Phi) is 3.96. The molecule has 2 aromatic rings. The Balaban J connectivity index is 2.00. The van der Waals surface area contributed by atoms with E-state index in [0.29, 0.717) is 11.2 Å². The molecular weight excluding hydrogens is 398 g/mol. The van der Waals surface area contributed by atoms with E-state index in [2.05, 4.69) is 11.8 Å². The number of aromatic carboxylic acids is 1. The monoisotopic (exact) mass is 420 g/mol. The average Bonchev–Trinajstić information content (AvgIpc) is 3.32. The number of carboxylic acid groups (broad SMARTS) is 1. The summed E-state index contributed by atoms with van der Waals surface area (Å²) in [6.07, 6.45) is 4.13. The Hall–Kier alpha value is -1.81. The van der Waals surface area contributed by atoms with Gasteiger partial charge in [-0.25, -0.2) is 0 Å². The van der Waals surface area contributed by atoms with Crippen LogP contribution in [-0.2, 0) is 0 Å². The van der Waals surface area contributed by atoms with Crippen molar-refractivity contribution in [2.45, 2.75) is 43.2 Å². The van der Waals surface area contributed by atoms with Crippen LogP contribution >= 0.6 is 0 Å². The van der Waals surface area contributed by atoms with Gasteiger partial charge in [0.1, 0.15) is 0 Å². The molecule has 1 N–H and O–H groups in total. The zero-order valence-electron chi connectivity index (χ0n) is 14.9. The Morgan fingerprint density at radius 1 is 1.42 bits per heavy atom. The molecule has 1 aliphatic carbocycles. The van der Waals surface area contributed by atoms with Gasteiger partial charge in [0.05, 0.1) is 0 Å². The van der Waals surface area contributed by atoms with Gasteiger partial charge in [-0.15, -0.1) is 0 Å². The summed E-state index contributed by atoms with van der Waals surface area (Å²) < 4.78 is 16.4. The summed E-state index contributed by atoms with van der Waals surface area (Å²) in [4.78, 5) is 26.1. The van der Waals surface area contributed by atoms with Crippen molar-refractivity contribution < 1.29 is 14.3 Å². The van der Waals surface area contributed by atoms with Gasteiger partial charge in [-0.05, 0) is 0 Å². The van der Waals surface area contributed by atoms with Crippen molar-refractivity contribution in [3.05, 3.63) is 45.1 Å². The number of aromatic nitrogens is 1. The molecule has 4 rings (SSSR count). The molecule has 2 aromatic heterocycles. The summed E-state index contributed by atoms with van der Waals surface area (Å²) in [6, 6.07) is 1.50. The number of carboxylic acids is 1. The second kappa shape index (κ2) is 5.85. The number of nitrogens with zero attached hydrogens (tertiary/aromatic N) is 2. The van der Waals surface area contributed by atoms with Crippen molar-refractivity contribution in [2.75, 3.05) is 18.0 Å². The minimum absolute atomic E-state index is 0.185. The Morgan fingerprint density at radius 3 is 2.65 bits per heavy atom. The number of anilines is 1. The van der Waals surface area contributed by atoms with E-state index in [-0.39, 0.29) is 15.7 Å². The van der Waals surface area contributed by atoms with Crippen molar-refractivity contribution in [2.24, 2.45) is 0 Å². The van der Waals surface area contributed by atoms with Gasteiger partial charge in [0.25, 0.3) is 0 Å². The maximum atomic E-state index is 15.0. The third-order valence-electron chi connectivity index (χ3n) is 5.51. The van der Waals surface area contributed by atoms with Gasteiger partial charge in [0.2, 0.25) is 0 Å². The summed E-state index contributed by atoms with van der Waals surface area (Å²) in [6.45, 7) is 5.62. The molecule has 26 heavy (non-hydrogen) atoms. The quantitative estimate of drug-likeness (QED) is 0.775. The van der Waals surface area contributed by atoms with Crippen LogP contribution in [0, 0.1) is 12.7 Å². The van der Waals surface area contributed by atoms with Crippen molar-refractivity contribution in [3.8, 4) is 0 Å². The average molecular weight is 420 g/mol. The predicted molar refractivity (Wildman–Crippen MR) is 101 cm³/mol. The number of hydrogen-bond donors (Lipinski definition) is 1. The number of aryl methyl sites for hydroxylation is 1. The van der Waals surface area contributed by atoms with E-state index in [4.69, 9.17) is 0 Å². The molecule has 2 unspecified atom stereocenters. The van der Waals surface area contributed by atoms with E-state index in [0.717, 1.165) is 43.5 Å². The fourth-order valence-electron chi connectivity index (χ4n) is 4.06. The van der Waals surface area contributed by atoms with Crippen LogP contribution in [0.3, 0.4) is 0 Å². The maximum absolute atomic E-state index is 15.0. The van der Waals surface area contributed by atoms with Crippen molar-refractivity contribution >= 4 is 34.0 Å². The Labute approximate surface area is 159 Å². The van der Waals surface area contributed by atoms with E-state index in [1.54, 1.807) is 16.9 Å². The molecule has 0 amide bonds. The first-order valence-electron chi connectivity index (χ1n) is 8.85. The van der Waals surface area contributed by atoms with Crippen molar-refractivity contribution in [3.63, 3.8) is 0 Å². The Bertz CT molecular complexity index is 995. The molecule has 0 aromatic carbocycles. The van der Waals surface area contributed by atoms with Crippen LogP contribution in [0.5, 0.6) is 0 Å². The molecule has 0 spiro atoms. The second-order valence-corrected chi connectivity index (χ2v) is 10.8. The van der Waals surface area contributed by atoms with Crippen LogP contribution in [0.25, 0.3) is 5.52 Å². The van der Waals surface area contributed by atoms with E-state index in [9.17, 15) is 14.7 Å². The first-order valence-corrected chi connectivity index (χ1v) is 10.1. The van der Waals surface area contributed by atoms with Crippen LogP contribution in [0.4, 0.5) is 10.1 Å². The third kappa shape index (κ3) is 2.75. The molecule has 3 heterocycles. The molecule has 2 atom stereocenters. The molecule has 1 aliphatic heterocycles. The molecule has 2 aliphatic rings. The Morgan fingerprint density at radius 2 is 2.12 bits per heavy atom. The summed E-state index contributed by atoms with van der Waals surface area (Å²) in [5.41, 5.74) is 1.84. The zero-order chi connectivity index (χ0) is 18.8. The van der Waals surface area contributed by atoms with Crippen LogP contribution in [0.15, 0.2) is 17.1 Å². The van der Waals surface area contributed by atoms with E-state index >= 15 is 4.39 Å². The van der Waals surface area contributed by atoms with E-state index in [1.807, 2.05) is 6.92 Å². The number of hydrogen-bond acceptors (Lipinski definition) is 3. The van der Waals surface area contributed by atoms with Crippen LogP contribution in [0.2, 0.25) is 4.20 Å². The number of carbonyl (C=O) groups is 1. The number of rotatable bonds is 3. The van der Waals surface area contributed by atoms with Gasteiger partial charge in [-0.3, -0.25) is 0 Å². The van der Waals surface area contributed by atoms with Crippen molar-refractivity contribution in [1.29, 1.82) is 0 Å². The molecule has 7 heteroatoms. The SMILES string of the molecule is Cc1c(N2CCC(C)([AsH2])C2)c(F)cn2c(=O)c(C(=O)O)cc(C3CC3)c12. The topological polar surface area (TPSA) is 62.0 Å². The van der Waals surface area contributed by atoms with E-state index < -0.39 is 17.3 Å². The predicted octanol–water partition coefficient (Wildman–Crippen LogP) is 2.34. The van der Waals surface area contributed by atoms with Crippen LogP contribution in [0.1, 0.15) is 53.6 Å². The fourth-order valence-corrected chi connectivity index (χ4v) is 4.80. The van der Waals surface area contributed by atoms with Gasteiger partial charge in [-0.2, -0.15) is 0 Å². The molecular formula is C19H22AsFN2O3. The zero-order valence-corrected chi connectivity index (χ0v) is 17.3. The summed E-state index contributed by atoms with van der Waals surface area (Å²) >= 11 is 1.66. The van der Waals surface area contributed by atoms with Gasteiger partial charge in [-0.1, -0.05) is 0 Å². The van der Waals surface area contributed by atoms with E-state index in [1.165, 1.54) is 16.7 Å². The van der Waals surface area contributed by atoms with Crippen molar-refractivity contribution in [1.82, 2.24) is 4.40 Å². The summed E-state index contributed by atoms with van der Waals surface area (Å²) in [5.74, 6) is -1.48. The summed E-state index contributed by atoms with van der Waals surface area (Å²) in [7, 11) is 0. The first-order chi connectivity index (χ1) is 12.2. The number of halogens is 1. The summed E-state index contributed by atoms with van der Waals surface area (Å²) in [5, 5.41) is 9.36.